The third-order valence-electron chi connectivity index (χ3n) is 0. The normalized spacial score (nSPS) is 3.00. The van der Waals surface area contributed by atoms with Crippen molar-refractivity contribution in [2.75, 3.05) is 0 Å². The van der Waals surface area contributed by atoms with Crippen LogP contribution in [-0.4, -0.2) is 16.4 Å². The zero-order chi connectivity index (χ0) is 3.58. The van der Waals surface area contributed by atoms with E-state index in [-0.39, 0.29) is 71.9 Å². The maximum absolute atomic E-state index is 8.56. The molecule has 0 aromatic rings. The predicted octanol–water partition coefficient (Wildman–Crippen LogP) is 0.212. The maximum atomic E-state index is 8.56. The van der Waals surface area contributed by atoms with Crippen molar-refractivity contribution in [2.24, 2.45) is 0 Å². The summed E-state index contributed by atoms with van der Waals surface area (Å²) >= 11 is 0. The van der Waals surface area contributed by atoms with Crippen LogP contribution in [0.15, 0.2) is 0 Å². The number of carbonyl (C=O) groups is 1. The van der Waals surface area contributed by atoms with Crippen LogP contribution in [0.4, 0.5) is 4.79 Å². The van der Waals surface area contributed by atoms with Gasteiger partial charge in [-0.1, -0.05) is 0 Å². The van der Waals surface area contributed by atoms with Crippen molar-refractivity contribution in [3.05, 3.63) is 0 Å². The van der Waals surface area contributed by atoms with E-state index in [4.69, 9.17) is 15.0 Å². The molecule has 2 N–H and O–H groups in total. The molecule has 0 atom stereocenters. The van der Waals surface area contributed by atoms with Gasteiger partial charge in [0.25, 0.3) is 0 Å². The van der Waals surface area contributed by atoms with E-state index in [2.05, 4.69) is 0 Å². The van der Waals surface area contributed by atoms with Crippen LogP contribution < -0.4 is 0 Å². The molecule has 0 amide bonds. The average molecular weight is 310 g/mol. The SMILES string of the molecule is O=C(O)O.[Ni].[Ni].[Zn].[Zn]. The van der Waals surface area contributed by atoms with E-state index in [9.17, 15) is 0 Å². The molecule has 0 saturated carbocycles. The Labute approximate surface area is 92.3 Å². The molecule has 48 valence electrons. The number of hydrogen-bond acceptors (Lipinski definition) is 1. The maximum Gasteiger partial charge on any atom is 0.503 e. The van der Waals surface area contributed by atoms with Crippen molar-refractivity contribution in [1.29, 1.82) is 0 Å². The Kier molecular flexibility index (Phi) is 100.0. The molecule has 0 rings (SSSR count). The van der Waals surface area contributed by atoms with Gasteiger partial charge in [-0.15, -0.1) is 0 Å². The first-order valence-electron chi connectivity index (χ1n) is 0.651. The molecular weight excluding hydrogens is 308 g/mol. The van der Waals surface area contributed by atoms with E-state index in [1.165, 1.54) is 0 Å². The molecule has 0 aromatic carbocycles. The zero-order valence-electron chi connectivity index (χ0n) is 3.85. The van der Waals surface area contributed by atoms with Crippen LogP contribution >= 0.6 is 0 Å². The summed E-state index contributed by atoms with van der Waals surface area (Å²) in [6, 6.07) is 0. The van der Waals surface area contributed by atoms with Crippen LogP contribution in [0, 0.1) is 0 Å². The molecule has 0 bridgehead atoms. The van der Waals surface area contributed by atoms with Gasteiger partial charge in [-0.05, 0) is 0 Å². The Hall–Kier alpha value is 1.50. The summed E-state index contributed by atoms with van der Waals surface area (Å²) in [7, 11) is 0. The molecule has 0 aliphatic rings. The Morgan fingerprint density at radius 3 is 1.00 bits per heavy atom. The van der Waals surface area contributed by atoms with E-state index in [1.54, 1.807) is 0 Å². The second-order valence-corrected chi connectivity index (χ2v) is 0.283. The van der Waals surface area contributed by atoms with Crippen LogP contribution in [0.25, 0.3) is 0 Å². The van der Waals surface area contributed by atoms with Crippen molar-refractivity contribution in [3.8, 4) is 0 Å². The zero-order valence-corrected chi connectivity index (χ0v) is 11.8. The molecule has 0 spiro atoms. The number of rotatable bonds is 0. The molecule has 3 nitrogen and oxygen atoms in total. The van der Waals surface area contributed by atoms with E-state index in [0.29, 0.717) is 0 Å². The summed E-state index contributed by atoms with van der Waals surface area (Å²) < 4.78 is 0. The fourth-order valence-electron chi connectivity index (χ4n) is 0. The predicted molar refractivity (Wildman–Crippen MR) is 10.7 cm³/mol. The summed E-state index contributed by atoms with van der Waals surface area (Å²) in [5.41, 5.74) is 0. The van der Waals surface area contributed by atoms with E-state index >= 15 is 0 Å². The third-order valence-corrected chi connectivity index (χ3v) is 0. The molecule has 0 saturated heterocycles. The number of hydrogen-bond donors (Lipinski definition) is 2. The first-order valence-corrected chi connectivity index (χ1v) is 0.651. The van der Waals surface area contributed by atoms with E-state index < -0.39 is 6.16 Å². The summed E-state index contributed by atoms with van der Waals surface area (Å²) in [5, 5.41) is 13.9. The molecule has 0 radical (unpaired) electrons. The fraction of sp³-hybridized carbons (Fsp3) is 0. The van der Waals surface area contributed by atoms with Crippen molar-refractivity contribution in [1.82, 2.24) is 0 Å². The molecule has 7 heteroatoms. The largest absolute Gasteiger partial charge is 0.503 e. The van der Waals surface area contributed by atoms with Crippen LogP contribution in [-0.2, 0) is 71.9 Å². The molecule has 0 aliphatic carbocycles. The van der Waals surface area contributed by atoms with Crippen LogP contribution in [0.5, 0.6) is 0 Å². The van der Waals surface area contributed by atoms with Crippen molar-refractivity contribution in [2.45, 2.75) is 0 Å². The Morgan fingerprint density at radius 2 is 1.00 bits per heavy atom. The van der Waals surface area contributed by atoms with Gasteiger partial charge in [-0.25, -0.2) is 4.79 Å². The van der Waals surface area contributed by atoms with Crippen LogP contribution in [0.3, 0.4) is 0 Å². The molecule has 0 aromatic heterocycles. The topological polar surface area (TPSA) is 57.5 Å². The molecule has 8 heavy (non-hydrogen) atoms. The van der Waals surface area contributed by atoms with Gasteiger partial charge in [0.1, 0.15) is 0 Å². The summed E-state index contributed by atoms with van der Waals surface area (Å²) in [6.07, 6.45) is -1.83. The van der Waals surface area contributed by atoms with E-state index in [0.717, 1.165) is 0 Å². The number of carboxylic acid groups (broad SMARTS) is 2. The van der Waals surface area contributed by atoms with Crippen LogP contribution in [0.2, 0.25) is 0 Å². The smallest absolute Gasteiger partial charge is 0.450 e. The second kappa shape index (κ2) is 23.6. The first-order chi connectivity index (χ1) is 1.73. The average Bonchev–Trinajstić information content (AvgIpc) is 0.811. The van der Waals surface area contributed by atoms with Gasteiger partial charge < -0.3 is 10.2 Å². The fourth-order valence-corrected chi connectivity index (χ4v) is 0. The van der Waals surface area contributed by atoms with Crippen molar-refractivity contribution in [3.63, 3.8) is 0 Å². The molecule has 0 fully saturated rings. The molecular formula is CH2Ni2O3Zn2. The molecule has 0 aliphatic heterocycles. The second-order valence-electron chi connectivity index (χ2n) is 0.283. The van der Waals surface area contributed by atoms with Gasteiger partial charge in [-0.2, -0.15) is 0 Å². The summed E-state index contributed by atoms with van der Waals surface area (Å²) in [4.78, 5) is 8.56. The molecule has 0 unspecified atom stereocenters. The summed E-state index contributed by atoms with van der Waals surface area (Å²) in [6.45, 7) is 0. The third kappa shape index (κ3) is 140. The molecule has 0 heterocycles. The minimum Gasteiger partial charge on any atom is -0.450 e. The monoisotopic (exact) mass is 306 g/mol. The van der Waals surface area contributed by atoms with Crippen LogP contribution in [0.1, 0.15) is 0 Å². The van der Waals surface area contributed by atoms with E-state index in [1.807, 2.05) is 0 Å². The quantitative estimate of drug-likeness (QED) is 0.629. The minimum absolute atomic E-state index is 0. The van der Waals surface area contributed by atoms with Gasteiger partial charge in [-0.3, -0.25) is 0 Å². The minimum atomic E-state index is -1.83. The standard InChI is InChI=1S/CH2O3.2Ni.2Zn/c2-1(3)4;;;;/h(H2,2,3,4);;;;. The summed E-state index contributed by atoms with van der Waals surface area (Å²) in [5.74, 6) is 0. The van der Waals surface area contributed by atoms with Gasteiger partial charge in [0, 0.05) is 71.9 Å². The van der Waals surface area contributed by atoms with Crippen molar-refractivity contribution >= 4 is 6.16 Å². The Morgan fingerprint density at radius 1 is 1.00 bits per heavy atom. The van der Waals surface area contributed by atoms with Gasteiger partial charge in [0.05, 0.1) is 0 Å². The van der Waals surface area contributed by atoms with Gasteiger partial charge >= 0.3 is 6.16 Å². The van der Waals surface area contributed by atoms with Crippen molar-refractivity contribution < 1.29 is 86.9 Å². The first kappa shape index (κ1) is 33.9. The van der Waals surface area contributed by atoms with Gasteiger partial charge in [0.15, 0.2) is 0 Å². The Balaban J connectivity index is -0.00000000750. The van der Waals surface area contributed by atoms with Gasteiger partial charge in [0.2, 0.25) is 0 Å². The Bertz CT molecular complexity index is 38.3.